The lowest BCUT2D eigenvalue weighted by Gasteiger charge is -2.21. The summed E-state index contributed by atoms with van der Waals surface area (Å²) in [5, 5.41) is 9.21. The van der Waals surface area contributed by atoms with E-state index in [2.05, 4.69) is 4.98 Å². The van der Waals surface area contributed by atoms with E-state index in [9.17, 15) is 14.7 Å². The highest BCUT2D eigenvalue weighted by molar-refractivity contribution is 5.97. The summed E-state index contributed by atoms with van der Waals surface area (Å²) in [5.41, 5.74) is 1.39. The molecule has 124 valence electrons. The standard InChI is InChI=1S/C18H18N2O4/c21-17(20-10-4-7-15(20)18(22)23)14-8-9-19-16(11-14)24-12-13-5-2-1-3-6-13/h1-3,5-6,8-9,11,15H,4,7,10,12H2,(H,22,23)/t15-/m1/s1. The number of carbonyl (C=O) groups excluding carboxylic acids is 1. The number of hydrogen-bond donors (Lipinski definition) is 1. The molecular formula is C18H18N2O4. The number of benzene rings is 1. The molecule has 1 aliphatic heterocycles. The highest BCUT2D eigenvalue weighted by atomic mass is 16.5. The fraction of sp³-hybridized carbons (Fsp3) is 0.278. The van der Waals surface area contributed by atoms with Crippen LogP contribution in [0.5, 0.6) is 5.88 Å². The second kappa shape index (κ2) is 7.12. The average Bonchev–Trinajstić information content (AvgIpc) is 3.10. The van der Waals surface area contributed by atoms with Crippen molar-refractivity contribution in [2.75, 3.05) is 6.54 Å². The van der Waals surface area contributed by atoms with E-state index in [1.165, 1.54) is 11.1 Å². The molecule has 2 aromatic rings. The Morgan fingerprint density at radius 1 is 1.25 bits per heavy atom. The lowest BCUT2D eigenvalue weighted by Crippen LogP contribution is -2.40. The molecule has 0 aliphatic carbocycles. The minimum Gasteiger partial charge on any atom is -0.480 e. The van der Waals surface area contributed by atoms with Crippen LogP contribution in [0.15, 0.2) is 48.7 Å². The minimum atomic E-state index is -0.963. The Bertz CT molecular complexity index is 733. The summed E-state index contributed by atoms with van der Waals surface area (Å²) in [4.78, 5) is 29.3. The van der Waals surface area contributed by atoms with Gasteiger partial charge in [0, 0.05) is 24.4 Å². The van der Waals surface area contributed by atoms with E-state index in [-0.39, 0.29) is 5.91 Å². The van der Waals surface area contributed by atoms with Crippen molar-refractivity contribution in [3.63, 3.8) is 0 Å². The van der Waals surface area contributed by atoms with Gasteiger partial charge in [-0.1, -0.05) is 30.3 Å². The van der Waals surface area contributed by atoms with Gasteiger partial charge in [-0.3, -0.25) is 4.79 Å². The maximum Gasteiger partial charge on any atom is 0.326 e. The Balaban J connectivity index is 1.70. The number of aliphatic carboxylic acids is 1. The molecule has 0 bridgehead atoms. The summed E-state index contributed by atoms with van der Waals surface area (Å²) in [7, 11) is 0. The number of likely N-dealkylation sites (tertiary alicyclic amines) is 1. The molecule has 0 radical (unpaired) electrons. The first-order valence-corrected chi connectivity index (χ1v) is 7.82. The van der Waals surface area contributed by atoms with Gasteiger partial charge >= 0.3 is 5.97 Å². The molecule has 6 heteroatoms. The van der Waals surface area contributed by atoms with Crippen LogP contribution in [0.4, 0.5) is 0 Å². The van der Waals surface area contributed by atoms with Crippen LogP contribution in [-0.2, 0) is 11.4 Å². The maximum absolute atomic E-state index is 12.6. The Hall–Kier alpha value is -2.89. The van der Waals surface area contributed by atoms with Gasteiger partial charge in [-0.25, -0.2) is 9.78 Å². The molecule has 1 saturated heterocycles. The van der Waals surface area contributed by atoms with Gasteiger partial charge in [0.05, 0.1) is 0 Å². The second-order valence-corrected chi connectivity index (χ2v) is 5.65. The van der Waals surface area contributed by atoms with Crippen LogP contribution in [-0.4, -0.2) is 39.5 Å². The van der Waals surface area contributed by atoms with Crippen LogP contribution in [0.3, 0.4) is 0 Å². The molecule has 0 spiro atoms. The second-order valence-electron chi connectivity index (χ2n) is 5.65. The molecule has 1 N–H and O–H groups in total. The van der Waals surface area contributed by atoms with E-state index >= 15 is 0 Å². The summed E-state index contributed by atoms with van der Waals surface area (Å²) in [6, 6.07) is 12.0. The molecule has 1 atom stereocenters. The van der Waals surface area contributed by atoms with Crippen LogP contribution in [0.25, 0.3) is 0 Å². The normalized spacial score (nSPS) is 16.8. The topological polar surface area (TPSA) is 79.7 Å². The number of ether oxygens (including phenoxy) is 1. The van der Waals surface area contributed by atoms with Crippen molar-refractivity contribution in [1.82, 2.24) is 9.88 Å². The Kier molecular flexibility index (Phi) is 4.74. The molecule has 2 heterocycles. The molecule has 3 rings (SSSR count). The third-order valence-corrected chi connectivity index (χ3v) is 4.01. The van der Waals surface area contributed by atoms with Crippen molar-refractivity contribution in [3.8, 4) is 5.88 Å². The largest absolute Gasteiger partial charge is 0.480 e. The average molecular weight is 326 g/mol. The van der Waals surface area contributed by atoms with Gasteiger partial charge in [-0.15, -0.1) is 0 Å². The van der Waals surface area contributed by atoms with Crippen molar-refractivity contribution in [3.05, 3.63) is 59.8 Å². The number of carboxylic acid groups (broad SMARTS) is 1. The molecule has 6 nitrogen and oxygen atoms in total. The zero-order valence-corrected chi connectivity index (χ0v) is 13.1. The van der Waals surface area contributed by atoms with E-state index in [0.29, 0.717) is 37.4 Å². The van der Waals surface area contributed by atoms with Gasteiger partial charge < -0.3 is 14.7 Å². The van der Waals surface area contributed by atoms with E-state index in [0.717, 1.165) is 5.56 Å². The number of pyridine rings is 1. The van der Waals surface area contributed by atoms with E-state index in [1.807, 2.05) is 30.3 Å². The molecule has 1 fully saturated rings. The van der Waals surface area contributed by atoms with Gasteiger partial charge in [-0.2, -0.15) is 0 Å². The van der Waals surface area contributed by atoms with Crippen molar-refractivity contribution in [2.24, 2.45) is 0 Å². The zero-order valence-electron chi connectivity index (χ0n) is 13.1. The van der Waals surface area contributed by atoms with Gasteiger partial charge in [0.15, 0.2) is 0 Å². The molecule has 0 saturated carbocycles. The van der Waals surface area contributed by atoms with E-state index in [1.54, 1.807) is 12.1 Å². The quantitative estimate of drug-likeness (QED) is 0.912. The molecule has 1 aromatic heterocycles. The number of amides is 1. The zero-order chi connectivity index (χ0) is 16.9. The number of hydrogen-bond acceptors (Lipinski definition) is 4. The predicted molar refractivity (Wildman–Crippen MR) is 86.7 cm³/mol. The Labute approximate surface area is 139 Å². The monoisotopic (exact) mass is 326 g/mol. The summed E-state index contributed by atoms with van der Waals surface area (Å²) in [6.07, 6.45) is 2.69. The van der Waals surface area contributed by atoms with Gasteiger partial charge in [0.25, 0.3) is 5.91 Å². The van der Waals surface area contributed by atoms with Crippen LogP contribution < -0.4 is 4.74 Å². The van der Waals surface area contributed by atoms with Gasteiger partial charge in [0.1, 0.15) is 12.6 Å². The lowest BCUT2D eigenvalue weighted by atomic mass is 10.2. The molecule has 1 amide bonds. The number of aromatic nitrogens is 1. The third kappa shape index (κ3) is 3.53. The number of carbonyl (C=O) groups is 2. The molecule has 1 aliphatic rings. The molecule has 1 aromatic carbocycles. The van der Waals surface area contributed by atoms with E-state index in [4.69, 9.17) is 4.74 Å². The van der Waals surface area contributed by atoms with Crippen molar-refractivity contribution < 1.29 is 19.4 Å². The first kappa shape index (κ1) is 16.0. The fourth-order valence-electron chi connectivity index (χ4n) is 2.79. The van der Waals surface area contributed by atoms with E-state index < -0.39 is 12.0 Å². The van der Waals surface area contributed by atoms with Gasteiger partial charge in [-0.05, 0) is 24.5 Å². The summed E-state index contributed by atoms with van der Waals surface area (Å²) >= 11 is 0. The fourth-order valence-corrected chi connectivity index (χ4v) is 2.79. The summed E-state index contributed by atoms with van der Waals surface area (Å²) in [6.45, 7) is 0.811. The third-order valence-electron chi connectivity index (χ3n) is 4.01. The first-order valence-electron chi connectivity index (χ1n) is 7.82. The molecule has 24 heavy (non-hydrogen) atoms. The lowest BCUT2D eigenvalue weighted by molar-refractivity contribution is -0.141. The predicted octanol–water partition coefficient (Wildman–Crippen LogP) is 2.35. The Morgan fingerprint density at radius 3 is 2.79 bits per heavy atom. The maximum atomic E-state index is 12.6. The van der Waals surface area contributed by atoms with Crippen molar-refractivity contribution in [2.45, 2.75) is 25.5 Å². The SMILES string of the molecule is O=C(O)[C@H]1CCCN1C(=O)c1ccnc(OCc2ccccc2)c1. The first-order chi connectivity index (χ1) is 11.6. The summed E-state index contributed by atoms with van der Waals surface area (Å²) in [5.74, 6) is -0.918. The highest BCUT2D eigenvalue weighted by Crippen LogP contribution is 2.21. The number of nitrogens with zero attached hydrogens (tertiary/aromatic N) is 2. The van der Waals surface area contributed by atoms with Crippen LogP contribution in [0.2, 0.25) is 0 Å². The minimum absolute atomic E-state index is 0.299. The highest BCUT2D eigenvalue weighted by Gasteiger charge is 2.34. The Morgan fingerprint density at radius 2 is 2.04 bits per heavy atom. The number of carboxylic acids is 1. The summed E-state index contributed by atoms with van der Waals surface area (Å²) < 4.78 is 5.62. The van der Waals surface area contributed by atoms with Crippen molar-refractivity contribution >= 4 is 11.9 Å². The van der Waals surface area contributed by atoms with Crippen LogP contribution in [0, 0.1) is 0 Å². The molecular weight excluding hydrogens is 308 g/mol. The van der Waals surface area contributed by atoms with Crippen molar-refractivity contribution in [1.29, 1.82) is 0 Å². The smallest absolute Gasteiger partial charge is 0.326 e. The molecule has 0 unspecified atom stereocenters. The van der Waals surface area contributed by atoms with Crippen LogP contribution >= 0.6 is 0 Å². The van der Waals surface area contributed by atoms with Crippen LogP contribution in [0.1, 0.15) is 28.8 Å². The number of rotatable bonds is 5. The van der Waals surface area contributed by atoms with Gasteiger partial charge in [0.2, 0.25) is 5.88 Å².